The van der Waals surface area contributed by atoms with Crippen molar-refractivity contribution in [2.24, 2.45) is 11.8 Å². The van der Waals surface area contributed by atoms with Gasteiger partial charge in [-0.15, -0.1) is 0 Å². The SMILES string of the molecule is O=C(C1CCCCC1(O)C(=O)c1ccccc1)C1CCCCC1(O)C(=O)c1ccccc1. The Morgan fingerprint density at radius 3 is 1.38 bits per heavy atom. The highest BCUT2D eigenvalue weighted by Crippen LogP contribution is 2.44. The van der Waals surface area contributed by atoms with Crippen LogP contribution in [0.3, 0.4) is 0 Å². The Balaban J connectivity index is 1.67. The van der Waals surface area contributed by atoms with Gasteiger partial charge in [-0.05, 0) is 25.7 Å². The predicted octanol–water partition coefficient (Wildman–Crippen LogP) is 4.16. The van der Waals surface area contributed by atoms with Gasteiger partial charge in [-0.2, -0.15) is 0 Å². The number of carbonyl (C=O) groups is 3. The summed E-state index contributed by atoms with van der Waals surface area (Å²) in [7, 11) is 0. The monoisotopic (exact) mass is 434 g/mol. The molecule has 32 heavy (non-hydrogen) atoms. The second kappa shape index (κ2) is 9.08. The minimum atomic E-state index is -1.81. The first kappa shape index (κ1) is 22.6. The van der Waals surface area contributed by atoms with Gasteiger partial charge in [0.05, 0.1) is 11.8 Å². The number of hydrogen-bond acceptors (Lipinski definition) is 5. The molecule has 5 heteroatoms. The molecule has 0 bridgehead atoms. The summed E-state index contributed by atoms with van der Waals surface area (Å²) in [5.41, 5.74) is -2.89. The number of rotatable bonds is 6. The van der Waals surface area contributed by atoms with Gasteiger partial charge < -0.3 is 10.2 Å². The molecule has 0 spiro atoms. The molecule has 4 atom stereocenters. The van der Waals surface area contributed by atoms with E-state index in [2.05, 4.69) is 0 Å². The van der Waals surface area contributed by atoms with E-state index >= 15 is 0 Å². The third-order valence-electron chi connectivity index (χ3n) is 7.30. The quantitative estimate of drug-likeness (QED) is 0.666. The van der Waals surface area contributed by atoms with E-state index in [1.54, 1.807) is 60.7 Å². The first-order chi connectivity index (χ1) is 15.4. The van der Waals surface area contributed by atoms with Crippen LogP contribution in [-0.2, 0) is 4.79 Å². The first-order valence-corrected chi connectivity index (χ1v) is 11.6. The molecular formula is C27H30O5. The van der Waals surface area contributed by atoms with Crippen molar-refractivity contribution in [3.8, 4) is 0 Å². The van der Waals surface area contributed by atoms with Gasteiger partial charge in [-0.25, -0.2) is 0 Å². The van der Waals surface area contributed by atoms with E-state index in [0.717, 1.165) is 12.8 Å². The number of Topliss-reactive ketones (excluding diaryl/α,β-unsaturated/α-hetero) is 3. The normalized spacial score (nSPS) is 30.4. The van der Waals surface area contributed by atoms with Gasteiger partial charge in [0, 0.05) is 11.1 Å². The highest BCUT2D eigenvalue weighted by Gasteiger charge is 2.55. The van der Waals surface area contributed by atoms with Gasteiger partial charge in [0.1, 0.15) is 17.0 Å². The van der Waals surface area contributed by atoms with E-state index < -0.39 is 34.6 Å². The standard InChI is InChI=1S/C27H30O5/c28-23(21-15-7-9-17-26(21,31)24(29)19-11-3-1-4-12-19)22-16-8-10-18-27(22,32)25(30)20-13-5-2-6-14-20/h1-6,11-14,21-22,31-32H,7-10,15-18H2. The highest BCUT2D eigenvalue weighted by molar-refractivity contribution is 6.09. The minimum absolute atomic E-state index is 0.203. The zero-order chi connectivity index (χ0) is 22.8. The molecule has 5 nitrogen and oxygen atoms in total. The summed E-state index contributed by atoms with van der Waals surface area (Å²) in [6.07, 6.45) is 3.90. The fourth-order valence-corrected chi connectivity index (χ4v) is 5.53. The predicted molar refractivity (Wildman–Crippen MR) is 120 cm³/mol. The third kappa shape index (κ3) is 3.96. The van der Waals surface area contributed by atoms with Crippen LogP contribution in [0.5, 0.6) is 0 Å². The average Bonchev–Trinajstić information content (AvgIpc) is 2.84. The maximum Gasteiger partial charge on any atom is 0.195 e. The van der Waals surface area contributed by atoms with Gasteiger partial charge in [-0.3, -0.25) is 14.4 Å². The molecule has 4 rings (SSSR count). The van der Waals surface area contributed by atoms with Crippen LogP contribution in [0.1, 0.15) is 72.1 Å². The van der Waals surface area contributed by atoms with E-state index in [-0.39, 0.29) is 18.6 Å². The summed E-state index contributed by atoms with van der Waals surface area (Å²) < 4.78 is 0. The third-order valence-corrected chi connectivity index (χ3v) is 7.30. The maximum atomic E-state index is 13.8. The van der Waals surface area contributed by atoms with Crippen molar-refractivity contribution >= 4 is 17.3 Å². The molecule has 168 valence electrons. The van der Waals surface area contributed by atoms with E-state index in [0.29, 0.717) is 36.8 Å². The Hall–Kier alpha value is -2.63. The summed E-state index contributed by atoms with van der Waals surface area (Å²) in [5.74, 6) is -3.12. The van der Waals surface area contributed by atoms with E-state index in [9.17, 15) is 24.6 Å². The van der Waals surface area contributed by atoms with Crippen molar-refractivity contribution in [3.05, 3.63) is 71.8 Å². The number of benzene rings is 2. The summed E-state index contributed by atoms with van der Waals surface area (Å²) in [4.78, 5) is 40.4. The Morgan fingerprint density at radius 2 is 1.00 bits per heavy atom. The smallest absolute Gasteiger partial charge is 0.195 e. The Bertz CT molecular complexity index is 906. The summed E-state index contributed by atoms with van der Waals surface area (Å²) in [6, 6.07) is 17.1. The molecule has 2 fully saturated rings. The van der Waals surface area contributed by atoms with Gasteiger partial charge in [-0.1, -0.05) is 86.3 Å². The molecule has 0 radical (unpaired) electrons. The molecule has 4 unspecified atom stereocenters. The van der Waals surface area contributed by atoms with Crippen LogP contribution < -0.4 is 0 Å². The Kier molecular flexibility index (Phi) is 6.40. The Morgan fingerprint density at radius 1 is 0.625 bits per heavy atom. The molecule has 2 aromatic carbocycles. The molecule has 0 saturated heterocycles. The molecule has 0 amide bonds. The van der Waals surface area contributed by atoms with Crippen molar-refractivity contribution in [3.63, 3.8) is 0 Å². The van der Waals surface area contributed by atoms with Gasteiger partial charge in [0.2, 0.25) is 0 Å². The molecule has 2 aliphatic carbocycles. The molecular weight excluding hydrogens is 404 g/mol. The fraction of sp³-hybridized carbons (Fsp3) is 0.444. The summed E-state index contributed by atoms with van der Waals surface area (Å²) >= 11 is 0. The topological polar surface area (TPSA) is 91.7 Å². The van der Waals surface area contributed by atoms with Gasteiger partial charge in [0.15, 0.2) is 11.6 Å². The molecule has 2 saturated carbocycles. The lowest BCUT2D eigenvalue weighted by molar-refractivity contribution is -0.146. The van der Waals surface area contributed by atoms with E-state index in [4.69, 9.17) is 0 Å². The number of carbonyl (C=O) groups excluding carboxylic acids is 3. The van der Waals surface area contributed by atoms with E-state index in [1.165, 1.54) is 0 Å². The zero-order valence-electron chi connectivity index (χ0n) is 18.2. The van der Waals surface area contributed by atoms with Gasteiger partial charge in [0.25, 0.3) is 0 Å². The second-order valence-electron chi connectivity index (χ2n) is 9.24. The number of ketones is 3. The lowest BCUT2D eigenvalue weighted by Gasteiger charge is -2.44. The van der Waals surface area contributed by atoms with Gasteiger partial charge >= 0.3 is 0 Å². The van der Waals surface area contributed by atoms with E-state index in [1.807, 2.05) is 0 Å². The summed E-state index contributed by atoms with van der Waals surface area (Å²) in [5, 5.41) is 23.1. The van der Waals surface area contributed by atoms with Crippen molar-refractivity contribution in [2.45, 2.75) is 62.6 Å². The molecule has 0 aliphatic heterocycles. The molecule has 2 aromatic rings. The number of aliphatic hydroxyl groups is 2. The van der Waals surface area contributed by atoms with Crippen LogP contribution in [-0.4, -0.2) is 38.8 Å². The molecule has 2 aliphatic rings. The zero-order valence-corrected chi connectivity index (χ0v) is 18.2. The first-order valence-electron chi connectivity index (χ1n) is 11.6. The van der Waals surface area contributed by atoms with Crippen LogP contribution in [0, 0.1) is 11.8 Å². The van der Waals surface area contributed by atoms with Crippen molar-refractivity contribution in [2.75, 3.05) is 0 Å². The molecule has 0 heterocycles. The molecule has 2 N–H and O–H groups in total. The lowest BCUT2D eigenvalue weighted by Crippen LogP contribution is -2.58. The number of hydrogen-bond donors (Lipinski definition) is 2. The average molecular weight is 435 g/mol. The fourth-order valence-electron chi connectivity index (χ4n) is 5.53. The van der Waals surface area contributed by atoms with Crippen molar-refractivity contribution in [1.82, 2.24) is 0 Å². The maximum absolute atomic E-state index is 13.8. The van der Waals surface area contributed by atoms with Crippen LogP contribution in [0.2, 0.25) is 0 Å². The van der Waals surface area contributed by atoms with Crippen molar-refractivity contribution in [1.29, 1.82) is 0 Å². The second-order valence-corrected chi connectivity index (χ2v) is 9.24. The van der Waals surface area contributed by atoms with Crippen LogP contribution in [0.4, 0.5) is 0 Å². The molecule has 0 aromatic heterocycles. The van der Waals surface area contributed by atoms with Crippen LogP contribution >= 0.6 is 0 Å². The van der Waals surface area contributed by atoms with Crippen LogP contribution in [0.25, 0.3) is 0 Å². The minimum Gasteiger partial charge on any atom is -0.381 e. The lowest BCUT2D eigenvalue weighted by atomic mass is 9.62. The van der Waals surface area contributed by atoms with Crippen LogP contribution in [0.15, 0.2) is 60.7 Å². The largest absolute Gasteiger partial charge is 0.381 e. The van der Waals surface area contributed by atoms with Crippen molar-refractivity contribution < 1.29 is 24.6 Å². The summed E-state index contributed by atoms with van der Waals surface area (Å²) in [6.45, 7) is 0. The highest BCUT2D eigenvalue weighted by atomic mass is 16.3. The Labute approximate surface area is 188 Å².